The molecule has 0 atom stereocenters. The smallest absolute Gasteiger partial charge is 0.164 e. The highest BCUT2D eigenvalue weighted by molar-refractivity contribution is 6.14. The molecule has 14 aromatic rings. The van der Waals surface area contributed by atoms with Gasteiger partial charge in [0.25, 0.3) is 0 Å². The molecule has 348 valence electrons. The molecule has 0 amide bonds. The van der Waals surface area contributed by atoms with Gasteiger partial charge in [-0.2, -0.15) is 0 Å². The molecule has 0 N–H and O–H groups in total. The Morgan fingerprint density at radius 3 is 1.27 bits per heavy atom. The van der Waals surface area contributed by atoms with Crippen LogP contribution in [0.15, 0.2) is 258 Å². The van der Waals surface area contributed by atoms with E-state index < -0.39 is 5.41 Å². The second-order valence-corrected chi connectivity index (χ2v) is 19.7. The minimum absolute atomic E-state index is 0.392. The summed E-state index contributed by atoms with van der Waals surface area (Å²) < 4.78 is 13.0. The monoisotopic (exact) mass is 955 g/mol. The number of fused-ring (bicyclic) bond motifs is 16. The van der Waals surface area contributed by atoms with E-state index in [9.17, 15) is 0 Å². The van der Waals surface area contributed by atoms with E-state index in [1.54, 1.807) is 0 Å². The van der Waals surface area contributed by atoms with Gasteiger partial charge in [0.15, 0.2) is 17.5 Å². The van der Waals surface area contributed by atoms with Crippen LogP contribution in [0.2, 0.25) is 0 Å². The molecule has 5 nitrogen and oxygen atoms in total. The third-order valence-electron chi connectivity index (χ3n) is 15.8. The standard InChI is InChI=1S/C70H41N3O2/c1-2-16-44(17-3-1)47-18-4-5-22-52(47)67-71-68(54-24-14-30-63-65(54)53-23-9-13-29-61(53)74-63)73-69(72-67)55-25-15-31-64-66(55)56-40-45(37-39-62(56)75-64)42-32-34-43(35-33-42)46-36-38-51-50-21-8-12-28-59(50)70(60(51)41-46)57-26-10-6-19-48(57)49-20-7-11-27-58(49)70/h1-41H. The number of furan rings is 2. The van der Waals surface area contributed by atoms with Gasteiger partial charge in [-0.15, -0.1) is 0 Å². The Morgan fingerprint density at radius 1 is 0.240 bits per heavy atom. The molecule has 0 saturated heterocycles. The topological polar surface area (TPSA) is 65.0 Å². The minimum Gasteiger partial charge on any atom is -0.456 e. The van der Waals surface area contributed by atoms with Crippen molar-refractivity contribution in [2.75, 3.05) is 0 Å². The summed E-state index contributed by atoms with van der Waals surface area (Å²) in [6.45, 7) is 0. The quantitative estimate of drug-likeness (QED) is 0.166. The summed E-state index contributed by atoms with van der Waals surface area (Å²) >= 11 is 0. The summed E-state index contributed by atoms with van der Waals surface area (Å²) in [6.07, 6.45) is 0. The molecule has 0 bridgehead atoms. The third-order valence-corrected chi connectivity index (χ3v) is 15.8. The van der Waals surface area contributed by atoms with Crippen LogP contribution >= 0.6 is 0 Å². The number of aromatic nitrogens is 3. The summed E-state index contributed by atoms with van der Waals surface area (Å²) in [6, 6.07) is 88.6. The molecule has 2 aliphatic carbocycles. The molecular weight excluding hydrogens is 915 g/mol. The molecular formula is C70H41N3O2. The highest BCUT2D eigenvalue weighted by Crippen LogP contribution is 2.63. The predicted octanol–water partition coefficient (Wildman–Crippen LogP) is 18.0. The van der Waals surface area contributed by atoms with Crippen molar-refractivity contribution in [1.29, 1.82) is 0 Å². The molecule has 0 radical (unpaired) electrons. The lowest BCUT2D eigenvalue weighted by Gasteiger charge is -2.30. The van der Waals surface area contributed by atoms with Crippen molar-refractivity contribution in [2.24, 2.45) is 0 Å². The fraction of sp³-hybridized carbons (Fsp3) is 0.0143. The summed E-state index contributed by atoms with van der Waals surface area (Å²) in [5.74, 6) is 1.68. The van der Waals surface area contributed by atoms with Crippen LogP contribution in [0.4, 0.5) is 0 Å². The van der Waals surface area contributed by atoms with Crippen molar-refractivity contribution in [3.63, 3.8) is 0 Å². The van der Waals surface area contributed by atoms with Crippen LogP contribution in [-0.2, 0) is 5.41 Å². The Bertz CT molecular complexity index is 4600. The van der Waals surface area contributed by atoms with E-state index in [0.29, 0.717) is 17.5 Å². The Hall–Kier alpha value is -9.97. The van der Waals surface area contributed by atoms with Crippen molar-refractivity contribution in [2.45, 2.75) is 5.41 Å². The molecule has 0 unspecified atom stereocenters. The number of hydrogen-bond acceptors (Lipinski definition) is 5. The molecule has 0 aliphatic heterocycles. The van der Waals surface area contributed by atoms with Crippen LogP contribution in [0.5, 0.6) is 0 Å². The molecule has 75 heavy (non-hydrogen) atoms. The molecule has 11 aromatic carbocycles. The first-order valence-corrected chi connectivity index (χ1v) is 25.5. The van der Waals surface area contributed by atoms with Gasteiger partial charge in [0.2, 0.25) is 0 Å². The second-order valence-electron chi connectivity index (χ2n) is 19.7. The van der Waals surface area contributed by atoms with Crippen LogP contribution in [0.25, 0.3) is 134 Å². The van der Waals surface area contributed by atoms with Crippen LogP contribution in [0.3, 0.4) is 0 Å². The number of para-hydroxylation sites is 1. The van der Waals surface area contributed by atoms with Gasteiger partial charge in [0.05, 0.1) is 5.41 Å². The highest BCUT2D eigenvalue weighted by atomic mass is 16.3. The fourth-order valence-corrected chi connectivity index (χ4v) is 12.6. The largest absolute Gasteiger partial charge is 0.456 e. The molecule has 1 spiro atoms. The average Bonchev–Trinajstić information content (AvgIpc) is 4.25. The lowest BCUT2D eigenvalue weighted by molar-refractivity contribution is 0.668. The van der Waals surface area contributed by atoms with E-state index in [1.165, 1.54) is 55.6 Å². The van der Waals surface area contributed by atoms with Gasteiger partial charge in [-0.25, -0.2) is 15.0 Å². The van der Waals surface area contributed by atoms with Crippen LogP contribution in [0, 0.1) is 0 Å². The number of hydrogen-bond donors (Lipinski definition) is 0. The Balaban J connectivity index is 0.825. The third kappa shape index (κ3) is 6.10. The van der Waals surface area contributed by atoms with Crippen molar-refractivity contribution >= 4 is 43.9 Å². The van der Waals surface area contributed by atoms with Gasteiger partial charge in [0, 0.05) is 38.2 Å². The molecule has 0 fully saturated rings. The average molecular weight is 956 g/mol. The van der Waals surface area contributed by atoms with E-state index in [4.69, 9.17) is 23.8 Å². The fourth-order valence-electron chi connectivity index (χ4n) is 12.6. The minimum atomic E-state index is -0.392. The van der Waals surface area contributed by atoms with Crippen LogP contribution in [-0.4, -0.2) is 15.0 Å². The molecule has 3 aromatic heterocycles. The van der Waals surface area contributed by atoms with Gasteiger partial charge >= 0.3 is 0 Å². The summed E-state index contributed by atoms with van der Waals surface area (Å²) in [7, 11) is 0. The van der Waals surface area contributed by atoms with Gasteiger partial charge < -0.3 is 8.83 Å². The molecule has 0 saturated carbocycles. The Kier molecular flexibility index (Phi) is 8.89. The first-order valence-electron chi connectivity index (χ1n) is 25.5. The molecule has 16 rings (SSSR count). The molecule has 3 heterocycles. The molecule has 5 heteroatoms. The van der Waals surface area contributed by atoms with E-state index in [1.807, 2.05) is 54.6 Å². The maximum absolute atomic E-state index is 6.64. The van der Waals surface area contributed by atoms with Gasteiger partial charge in [-0.05, 0) is 114 Å². The van der Waals surface area contributed by atoms with Gasteiger partial charge in [-0.1, -0.05) is 212 Å². The lowest BCUT2D eigenvalue weighted by atomic mass is 9.70. The predicted molar refractivity (Wildman–Crippen MR) is 303 cm³/mol. The zero-order valence-electron chi connectivity index (χ0n) is 40.3. The van der Waals surface area contributed by atoms with E-state index in [-0.39, 0.29) is 0 Å². The highest BCUT2D eigenvalue weighted by Gasteiger charge is 2.51. The maximum atomic E-state index is 6.64. The second kappa shape index (κ2) is 16.0. The summed E-state index contributed by atoms with van der Waals surface area (Å²) in [4.78, 5) is 16.0. The van der Waals surface area contributed by atoms with Crippen LogP contribution in [0.1, 0.15) is 22.3 Å². The van der Waals surface area contributed by atoms with Crippen molar-refractivity contribution in [3.8, 4) is 89.8 Å². The molecule has 2 aliphatic rings. The van der Waals surface area contributed by atoms with Crippen LogP contribution < -0.4 is 0 Å². The zero-order chi connectivity index (χ0) is 49.2. The Labute approximate surface area is 431 Å². The number of benzene rings is 11. The van der Waals surface area contributed by atoms with E-state index in [0.717, 1.165) is 82.8 Å². The first kappa shape index (κ1) is 41.6. The summed E-state index contributed by atoms with van der Waals surface area (Å²) in [5.41, 5.74) is 22.6. The SMILES string of the molecule is c1ccc(-c2ccccc2-c2nc(-c3cccc4oc5ccccc5c34)nc(-c3cccc4oc5ccc(-c6ccc(-c7ccc8c(c7)C7(c9ccccc9-c9ccccc97)c7ccccc7-8)cc6)cc5c34)n2)cc1. The van der Waals surface area contributed by atoms with Crippen molar-refractivity contribution < 1.29 is 8.83 Å². The lowest BCUT2D eigenvalue weighted by Crippen LogP contribution is -2.25. The normalized spacial score (nSPS) is 12.9. The number of nitrogens with zero attached hydrogens (tertiary/aromatic N) is 3. The van der Waals surface area contributed by atoms with E-state index >= 15 is 0 Å². The van der Waals surface area contributed by atoms with Crippen molar-refractivity contribution in [3.05, 3.63) is 271 Å². The van der Waals surface area contributed by atoms with E-state index in [2.05, 4.69) is 194 Å². The van der Waals surface area contributed by atoms with Gasteiger partial charge in [0.1, 0.15) is 22.3 Å². The maximum Gasteiger partial charge on any atom is 0.164 e. The van der Waals surface area contributed by atoms with Gasteiger partial charge in [-0.3, -0.25) is 0 Å². The van der Waals surface area contributed by atoms with Crippen molar-refractivity contribution in [1.82, 2.24) is 15.0 Å². The zero-order valence-corrected chi connectivity index (χ0v) is 40.3. The first-order chi connectivity index (χ1) is 37.2. The Morgan fingerprint density at radius 2 is 0.653 bits per heavy atom. The number of rotatable bonds is 6. The summed E-state index contributed by atoms with van der Waals surface area (Å²) in [5, 5.41) is 3.90.